The van der Waals surface area contributed by atoms with Crippen molar-refractivity contribution < 1.29 is 4.39 Å². The maximum Gasteiger partial charge on any atom is 0.138 e. The minimum atomic E-state index is -0.207. The number of rotatable bonds is 3. The molecule has 0 saturated heterocycles. The van der Waals surface area contributed by atoms with Crippen LogP contribution in [0.4, 0.5) is 15.8 Å². The molecule has 0 amide bonds. The lowest BCUT2D eigenvalue weighted by molar-refractivity contribution is 0.620. The first kappa shape index (κ1) is 13.3. The fraction of sp³-hybridized carbons (Fsp3) is 0.500. The highest BCUT2D eigenvalue weighted by Crippen LogP contribution is 2.33. The minimum absolute atomic E-state index is 0.207. The summed E-state index contributed by atoms with van der Waals surface area (Å²) in [6.07, 6.45) is 5.72. The van der Waals surface area contributed by atoms with Crippen molar-refractivity contribution in [3.8, 4) is 0 Å². The summed E-state index contributed by atoms with van der Waals surface area (Å²) < 4.78 is 14.1. The Morgan fingerprint density at radius 2 is 2.24 bits per heavy atom. The summed E-state index contributed by atoms with van der Waals surface area (Å²) in [6, 6.07) is 3.60. The molecular weight excluding hydrogens is 350 g/mol. The number of thioether (sulfide) groups is 1. The van der Waals surface area contributed by atoms with E-state index in [-0.39, 0.29) is 5.82 Å². The number of hydrogen-bond acceptors (Lipinski definition) is 3. The molecule has 17 heavy (non-hydrogen) atoms. The van der Waals surface area contributed by atoms with Gasteiger partial charge >= 0.3 is 0 Å². The van der Waals surface area contributed by atoms with E-state index in [9.17, 15) is 4.39 Å². The van der Waals surface area contributed by atoms with E-state index in [4.69, 9.17) is 5.73 Å². The first-order valence-electron chi connectivity index (χ1n) is 5.65. The molecule has 0 aromatic heterocycles. The van der Waals surface area contributed by atoms with Crippen molar-refractivity contribution in [1.29, 1.82) is 0 Å². The van der Waals surface area contributed by atoms with Crippen LogP contribution < -0.4 is 11.1 Å². The van der Waals surface area contributed by atoms with Gasteiger partial charge in [-0.25, -0.2) is 4.39 Å². The Labute approximate surface area is 119 Å². The van der Waals surface area contributed by atoms with Crippen LogP contribution in [0.2, 0.25) is 0 Å². The number of benzene rings is 1. The molecule has 1 aliphatic rings. The van der Waals surface area contributed by atoms with Gasteiger partial charge in [0.25, 0.3) is 0 Å². The summed E-state index contributed by atoms with van der Waals surface area (Å²) in [5.41, 5.74) is 7.27. The number of nitrogens with one attached hydrogen (secondary N) is 1. The molecule has 2 rings (SSSR count). The van der Waals surface area contributed by atoms with Crippen molar-refractivity contribution in [3.05, 3.63) is 21.5 Å². The molecule has 0 bridgehead atoms. The Morgan fingerprint density at radius 3 is 2.94 bits per heavy atom. The molecule has 1 aliphatic carbocycles. The van der Waals surface area contributed by atoms with Crippen molar-refractivity contribution >= 4 is 45.7 Å². The molecule has 2 atom stereocenters. The first-order valence-corrected chi connectivity index (χ1v) is 8.02. The van der Waals surface area contributed by atoms with Gasteiger partial charge in [-0.1, -0.05) is 6.42 Å². The zero-order valence-electron chi connectivity index (χ0n) is 9.67. The highest BCUT2D eigenvalue weighted by atomic mass is 127. The second kappa shape index (κ2) is 5.65. The van der Waals surface area contributed by atoms with Crippen LogP contribution in [0.5, 0.6) is 0 Å². The average molecular weight is 366 g/mol. The molecule has 0 radical (unpaired) electrons. The first-order chi connectivity index (χ1) is 8.11. The highest BCUT2D eigenvalue weighted by molar-refractivity contribution is 14.1. The molecule has 5 heteroatoms. The van der Waals surface area contributed by atoms with Crippen molar-refractivity contribution in [1.82, 2.24) is 0 Å². The van der Waals surface area contributed by atoms with Gasteiger partial charge in [0.05, 0.1) is 14.9 Å². The van der Waals surface area contributed by atoms with Crippen LogP contribution in [0.15, 0.2) is 12.1 Å². The lowest BCUT2D eigenvalue weighted by Gasteiger charge is -2.21. The third-order valence-corrected chi connectivity index (χ3v) is 5.19. The smallest absolute Gasteiger partial charge is 0.138 e. The van der Waals surface area contributed by atoms with Gasteiger partial charge in [-0.05, 0) is 47.8 Å². The normalized spacial score (nSPS) is 23.9. The predicted octanol–water partition coefficient (Wildman–Crippen LogP) is 3.71. The molecule has 1 fully saturated rings. The fourth-order valence-electron chi connectivity index (χ4n) is 2.26. The second-order valence-corrected chi connectivity index (χ2v) is 6.55. The molecule has 2 unspecified atom stereocenters. The van der Waals surface area contributed by atoms with E-state index >= 15 is 0 Å². The summed E-state index contributed by atoms with van der Waals surface area (Å²) in [7, 11) is 0. The SMILES string of the molecule is CSC1CCCC1Nc1cc(F)c(I)cc1N. The summed E-state index contributed by atoms with van der Waals surface area (Å²) >= 11 is 3.83. The fourth-order valence-corrected chi connectivity index (χ4v) is 3.69. The van der Waals surface area contributed by atoms with Crippen LogP contribution in [0, 0.1) is 9.39 Å². The molecule has 0 heterocycles. The van der Waals surface area contributed by atoms with Gasteiger partial charge in [0.15, 0.2) is 0 Å². The van der Waals surface area contributed by atoms with Crippen LogP contribution in [0.1, 0.15) is 19.3 Å². The Hall–Kier alpha value is -0.170. The van der Waals surface area contributed by atoms with Gasteiger partial charge in [0.2, 0.25) is 0 Å². The zero-order chi connectivity index (χ0) is 12.4. The molecule has 3 N–H and O–H groups in total. The van der Waals surface area contributed by atoms with Gasteiger partial charge in [0, 0.05) is 17.4 Å². The topological polar surface area (TPSA) is 38.0 Å². The zero-order valence-corrected chi connectivity index (χ0v) is 12.6. The molecule has 1 aromatic rings. The number of nitrogen functional groups attached to an aromatic ring is 1. The number of hydrogen-bond donors (Lipinski definition) is 2. The summed E-state index contributed by atoms with van der Waals surface area (Å²) in [5, 5.41) is 4.00. The van der Waals surface area contributed by atoms with E-state index in [0.29, 0.717) is 20.5 Å². The largest absolute Gasteiger partial charge is 0.397 e. The third-order valence-electron chi connectivity index (χ3n) is 3.19. The maximum absolute atomic E-state index is 13.5. The second-order valence-electron chi connectivity index (χ2n) is 4.31. The third kappa shape index (κ3) is 2.99. The van der Waals surface area contributed by atoms with Gasteiger partial charge in [-0.3, -0.25) is 0 Å². The van der Waals surface area contributed by atoms with E-state index in [2.05, 4.69) is 11.6 Å². The van der Waals surface area contributed by atoms with E-state index in [0.717, 1.165) is 12.1 Å². The van der Waals surface area contributed by atoms with Crippen LogP contribution in [0.3, 0.4) is 0 Å². The Kier molecular flexibility index (Phi) is 4.41. The summed E-state index contributed by atoms with van der Waals surface area (Å²) in [6.45, 7) is 0. The van der Waals surface area contributed by atoms with E-state index < -0.39 is 0 Å². The molecule has 94 valence electrons. The predicted molar refractivity (Wildman–Crippen MR) is 82.1 cm³/mol. The number of nitrogens with two attached hydrogens (primary N) is 1. The quantitative estimate of drug-likeness (QED) is 0.633. The minimum Gasteiger partial charge on any atom is -0.397 e. The Bertz CT molecular complexity index is 414. The van der Waals surface area contributed by atoms with Crippen molar-refractivity contribution in [2.75, 3.05) is 17.3 Å². The summed E-state index contributed by atoms with van der Waals surface area (Å²) in [4.78, 5) is 0. The van der Waals surface area contributed by atoms with Gasteiger partial charge in [-0.15, -0.1) is 0 Å². The molecule has 0 spiro atoms. The van der Waals surface area contributed by atoms with Crippen molar-refractivity contribution in [2.24, 2.45) is 0 Å². The Balaban J connectivity index is 2.15. The highest BCUT2D eigenvalue weighted by Gasteiger charge is 2.26. The van der Waals surface area contributed by atoms with Crippen LogP contribution >= 0.6 is 34.4 Å². The molecular formula is C12H16FIN2S. The van der Waals surface area contributed by atoms with Crippen LogP contribution in [-0.2, 0) is 0 Å². The van der Waals surface area contributed by atoms with E-state index in [1.807, 2.05) is 34.4 Å². The monoisotopic (exact) mass is 366 g/mol. The average Bonchev–Trinajstić information content (AvgIpc) is 2.73. The summed E-state index contributed by atoms with van der Waals surface area (Å²) in [5.74, 6) is -0.207. The van der Waals surface area contributed by atoms with E-state index in [1.165, 1.54) is 18.9 Å². The maximum atomic E-state index is 13.5. The molecule has 0 aliphatic heterocycles. The van der Waals surface area contributed by atoms with Gasteiger partial charge < -0.3 is 11.1 Å². The lowest BCUT2D eigenvalue weighted by atomic mass is 10.2. The van der Waals surface area contributed by atoms with E-state index in [1.54, 1.807) is 6.07 Å². The Morgan fingerprint density at radius 1 is 1.47 bits per heavy atom. The number of anilines is 2. The van der Waals surface area contributed by atoms with Crippen molar-refractivity contribution in [2.45, 2.75) is 30.6 Å². The van der Waals surface area contributed by atoms with Gasteiger partial charge in [0.1, 0.15) is 5.82 Å². The lowest BCUT2D eigenvalue weighted by Crippen LogP contribution is -2.26. The molecule has 2 nitrogen and oxygen atoms in total. The molecule has 1 aromatic carbocycles. The van der Waals surface area contributed by atoms with Crippen LogP contribution in [-0.4, -0.2) is 17.5 Å². The molecule has 1 saturated carbocycles. The number of halogens is 2. The van der Waals surface area contributed by atoms with Gasteiger partial charge in [-0.2, -0.15) is 11.8 Å². The van der Waals surface area contributed by atoms with Crippen LogP contribution in [0.25, 0.3) is 0 Å². The van der Waals surface area contributed by atoms with Crippen molar-refractivity contribution in [3.63, 3.8) is 0 Å². The standard InChI is InChI=1S/C12H16FIN2S/c1-17-12-4-2-3-10(12)16-11-5-7(13)8(14)6-9(11)15/h5-6,10,12,16H,2-4,15H2,1H3.